The van der Waals surface area contributed by atoms with Crippen LogP contribution in [0.2, 0.25) is 0 Å². The molecule has 26 heavy (non-hydrogen) atoms. The van der Waals surface area contributed by atoms with Crippen molar-refractivity contribution < 1.29 is 9.53 Å². The maximum atomic E-state index is 13.2. The van der Waals surface area contributed by atoms with Crippen molar-refractivity contribution in [2.75, 3.05) is 6.61 Å². The van der Waals surface area contributed by atoms with Crippen LogP contribution in [-0.2, 0) is 6.42 Å². The summed E-state index contributed by atoms with van der Waals surface area (Å²) >= 11 is 0. The van der Waals surface area contributed by atoms with Gasteiger partial charge in [0.15, 0.2) is 0 Å². The molecule has 1 aromatic heterocycles. The molecule has 136 valence electrons. The average Bonchev–Trinajstić information content (AvgIpc) is 3.00. The molecule has 0 aliphatic heterocycles. The van der Waals surface area contributed by atoms with Crippen LogP contribution in [0.4, 0.5) is 0 Å². The van der Waals surface area contributed by atoms with E-state index >= 15 is 0 Å². The highest BCUT2D eigenvalue weighted by Gasteiger charge is 2.16. The van der Waals surface area contributed by atoms with Crippen molar-refractivity contribution in [2.24, 2.45) is 0 Å². The molecule has 0 fully saturated rings. The molecule has 3 heteroatoms. The molecule has 3 aromatic rings. The van der Waals surface area contributed by atoms with Gasteiger partial charge in [-0.3, -0.25) is 9.36 Å². The molecule has 0 spiro atoms. The average molecular weight is 349 g/mol. The summed E-state index contributed by atoms with van der Waals surface area (Å²) in [5.41, 5.74) is 3.85. The number of aryl methyl sites for hydroxylation is 2. The van der Waals surface area contributed by atoms with E-state index in [1.165, 1.54) is 12.0 Å². The molecule has 0 radical (unpaired) electrons. The second kappa shape index (κ2) is 8.22. The van der Waals surface area contributed by atoms with E-state index in [9.17, 15) is 4.79 Å². The molecule has 0 saturated carbocycles. The van der Waals surface area contributed by atoms with Gasteiger partial charge in [0, 0.05) is 16.6 Å². The number of rotatable bonds is 7. The largest absolute Gasteiger partial charge is 0.494 e. The van der Waals surface area contributed by atoms with E-state index in [1.54, 1.807) is 0 Å². The summed E-state index contributed by atoms with van der Waals surface area (Å²) in [7, 11) is 0. The second-order valence-electron chi connectivity index (χ2n) is 6.71. The highest BCUT2D eigenvalue weighted by Crippen LogP contribution is 2.25. The molecule has 0 saturated heterocycles. The molecule has 0 aliphatic rings. The first kappa shape index (κ1) is 18.2. The Morgan fingerprint density at radius 2 is 1.85 bits per heavy atom. The molecule has 2 aromatic carbocycles. The fourth-order valence-electron chi connectivity index (χ4n) is 3.39. The molecule has 0 N–H and O–H groups in total. The van der Waals surface area contributed by atoms with Gasteiger partial charge in [0.25, 0.3) is 5.91 Å². The molecule has 0 unspecified atom stereocenters. The van der Waals surface area contributed by atoms with Crippen LogP contribution in [0.25, 0.3) is 10.9 Å². The van der Waals surface area contributed by atoms with Crippen LogP contribution in [0, 0.1) is 6.92 Å². The van der Waals surface area contributed by atoms with Gasteiger partial charge in [-0.25, -0.2) is 0 Å². The van der Waals surface area contributed by atoms with Gasteiger partial charge in [0.2, 0.25) is 0 Å². The minimum atomic E-state index is -0.00948. The molecular weight excluding hydrogens is 322 g/mol. The predicted octanol–water partition coefficient (Wildman–Crippen LogP) is 5.77. The van der Waals surface area contributed by atoms with Gasteiger partial charge in [0.05, 0.1) is 12.1 Å². The van der Waals surface area contributed by atoms with Gasteiger partial charge in [0.1, 0.15) is 5.75 Å². The third kappa shape index (κ3) is 3.67. The van der Waals surface area contributed by atoms with Gasteiger partial charge in [-0.2, -0.15) is 0 Å². The molecule has 0 amide bonds. The smallest absolute Gasteiger partial charge is 0.262 e. The van der Waals surface area contributed by atoms with Crippen molar-refractivity contribution in [1.29, 1.82) is 0 Å². The molecule has 3 rings (SSSR count). The summed E-state index contributed by atoms with van der Waals surface area (Å²) in [6.45, 7) is 6.99. The first-order valence-corrected chi connectivity index (χ1v) is 9.53. The fourth-order valence-corrected chi connectivity index (χ4v) is 3.39. The Morgan fingerprint density at radius 1 is 1.04 bits per heavy atom. The minimum absolute atomic E-state index is 0.00948. The first-order valence-electron chi connectivity index (χ1n) is 9.53. The summed E-state index contributed by atoms with van der Waals surface area (Å²) < 4.78 is 7.62. The van der Waals surface area contributed by atoms with Crippen molar-refractivity contribution in [3.05, 3.63) is 65.4 Å². The zero-order valence-electron chi connectivity index (χ0n) is 15.9. The van der Waals surface area contributed by atoms with Crippen molar-refractivity contribution in [3.8, 4) is 5.75 Å². The number of carbonyl (C=O) groups excluding carboxylic acids is 1. The Kier molecular flexibility index (Phi) is 5.77. The normalized spacial score (nSPS) is 11.0. The standard InChI is InChI=1S/C23H27NO2/c1-4-6-7-14-26-20-12-8-11-19(16-20)23(25)24-17(3)15-21-18(5-2)10-9-13-22(21)24/h8-13,15-16H,4-7,14H2,1-3H3. The van der Waals surface area contributed by atoms with E-state index in [2.05, 4.69) is 26.0 Å². The molecule has 0 bridgehead atoms. The number of carbonyl (C=O) groups is 1. The van der Waals surface area contributed by atoms with Gasteiger partial charge in [-0.05, 0) is 55.7 Å². The Balaban J connectivity index is 1.90. The Morgan fingerprint density at radius 3 is 2.62 bits per heavy atom. The third-order valence-electron chi connectivity index (χ3n) is 4.80. The van der Waals surface area contributed by atoms with Crippen molar-refractivity contribution in [3.63, 3.8) is 0 Å². The quantitative estimate of drug-likeness (QED) is 0.507. The molecule has 0 atom stereocenters. The zero-order valence-corrected chi connectivity index (χ0v) is 15.9. The van der Waals surface area contributed by atoms with Crippen LogP contribution < -0.4 is 4.74 Å². The third-order valence-corrected chi connectivity index (χ3v) is 4.80. The lowest BCUT2D eigenvalue weighted by Gasteiger charge is -2.10. The van der Waals surface area contributed by atoms with Crippen LogP contribution in [0.5, 0.6) is 5.75 Å². The Labute approximate surface area is 155 Å². The number of benzene rings is 2. The monoisotopic (exact) mass is 349 g/mol. The number of hydrogen-bond donors (Lipinski definition) is 0. The minimum Gasteiger partial charge on any atom is -0.494 e. The highest BCUT2D eigenvalue weighted by molar-refractivity contribution is 6.03. The van der Waals surface area contributed by atoms with Gasteiger partial charge >= 0.3 is 0 Å². The summed E-state index contributed by atoms with van der Waals surface area (Å²) in [4.78, 5) is 13.2. The van der Waals surface area contributed by atoms with Crippen LogP contribution in [-0.4, -0.2) is 17.1 Å². The van der Waals surface area contributed by atoms with Crippen molar-refractivity contribution in [2.45, 2.75) is 46.5 Å². The van der Waals surface area contributed by atoms with E-state index in [0.29, 0.717) is 12.2 Å². The maximum Gasteiger partial charge on any atom is 0.262 e. The van der Waals surface area contributed by atoms with E-state index in [0.717, 1.165) is 41.6 Å². The summed E-state index contributed by atoms with van der Waals surface area (Å²) in [5.74, 6) is 0.750. The second-order valence-corrected chi connectivity index (χ2v) is 6.71. The van der Waals surface area contributed by atoms with E-state index < -0.39 is 0 Å². The van der Waals surface area contributed by atoms with Gasteiger partial charge in [-0.1, -0.05) is 44.9 Å². The maximum absolute atomic E-state index is 13.2. The number of ether oxygens (including phenoxy) is 1. The van der Waals surface area contributed by atoms with E-state index in [4.69, 9.17) is 4.74 Å². The van der Waals surface area contributed by atoms with Gasteiger partial charge in [-0.15, -0.1) is 0 Å². The number of nitrogens with zero attached hydrogens (tertiary/aromatic N) is 1. The zero-order chi connectivity index (χ0) is 18.5. The summed E-state index contributed by atoms with van der Waals surface area (Å²) in [6.07, 6.45) is 4.32. The van der Waals surface area contributed by atoms with Crippen LogP contribution in [0.3, 0.4) is 0 Å². The highest BCUT2D eigenvalue weighted by atomic mass is 16.5. The number of fused-ring (bicyclic) bond motifs is 1. The number of hydrogen-bond acceptors (Lipinski definition) is 2. The SMILES string of the molecule is CCCCCOc1cccc(C(=O)n2c(C)cc3c(CC)cccc32)c1. The fraction of sp³-hybridized carbons (Fsp3) is 0.348. The molecular formula is C23H27NO2. The lowest BCUT2D eigenvalue weighted by atomic mass is 10.1. The Bertz CT molecular complexity index is 908. The summed E-state index contributed by atoms with van der Waals surface area (Å²) in [5, 5.41) is 1.16. The first-order chi connectivity index (χ1) is 12.7. The lowest BCUT2D eigenvalue weighted by molar-refractivity contribution is 0.0962. The van der Waals surface area contributed by atoms with Crippen molar-refractivity contribution >= 4 is 16.8 Å². The van der Waals surface area contributed by atoms with Crippen LogP contribution in [0.1, 0.15) is 54.7 Å². The topological polar surface area (TPSA) is 31.2 Å². The lowest BCUT2D eigenvalue weighted by Crippen LogP contribution is -2.13. The van der Waals surface area contributed by atoms with Gasteiger partial charge < -0.3 is 4.74 Å². The summed E-state index contributed by atoms with van der Waals surface area (Å²) in [6, 6.07) is 15.8. The molecule has 1 heterocycles. The van der Waals surface area contributed by atoms with E-state index in [1.807, 2.05) is 47.9 Å². The molecule has 3 nitrogen and oxygen atoms in total. The van der Waals surface area contributed by atoms with Crippen LogP contribution >= 0.6 is 0 Å². The number of aromatic nitrogens is 1. The van der Waals surface area contributed by atoms with Crippen molar-refractivity contribution in [1.82, 2.24) is 4.57 Å². The number of unbranched alkanes of at least 4 members (excludes halogenated alkanes) is 2. The van der Waals surface area contributed by atoms with Crippen LogP contribution in [0.15, 0.2) is 48.5 Å². The predicted molar refractivity (Wildman–Crippen MR) is 107 cm³/mol. The Hall–Kier alpha value is -2.55. The molecule has 0 aliphatic carbocycles. The van der Waals surface area contributed by atoms with E-state index in [-0.39, 0.29) is 5.91 Å².